The molecule has 4 rings (SSSR count). The Labute approximate surface area is 184 Å². The van der Waals surface area contributed by atoms with Crippen LogP contribution >= 0.6 is 11.6 Å². The summed E-state index contributed by atoms with van der Waals surface area (Å²) in [6.07, 6.45) is 1.42. The van der Waals surface area contributed by atoms with E-state index in [9.17, 15) is 9.59 Å². The third-order valence-corrected chi connectivity index (χ3v) is 5.74. The molecule has 8 heteroatoms. The van der Waals surface area contributed by atoms with E-state index in [1.807, 2.05) is 36.1 Å². The molecule has 1 atom stereocenters. The Kier molecular flexibility index (Phi) is 6.06. The van der Waals surface area contributed by atoms with E-state index < -0.39 is 11.5 Å². The lowest BCUT2D eigenvalue weighted by atomic mass is 10.0. The van der Waals surface area contributed by atoms with Crippen LogP contribution in [0.15, 0.2) is 59.5 Å². The number of rotatable bonds is 4. The number of hydrogen-bond donors (Lipinski definition) is 0. The maximum absolute atomic E-state index is 13.1. The van der Waals surface area contributed by atoms with Gasteiger partial charge in [-0.1, -0.05) is 48.0 Å². The van der Waals surface area contributed by atoms with E-state index in [1.165, 1.54) is 7.11 Å². The first-order valence-electron chi connectivity index (χ1n) is 9.89. The minimum atomic E-state index is -0.557. The van der Waals surface area contributed by atoms with Crippen molar-refractivity contribution < 1.29 is 14.3 Å². The molecule has 0 saturated carbocycles. The highest BCUT2D eigenvalue weighted by molar-refractivity contribution is 6.33. The molecule has 0 amide bonds. The van der Waals surface area contributed by atoms with Gasteiger partial charge in [-0.05, 0) is 30.2 Å². The highest BCUT2D eigenvalue weighted by Crippen LogP contribution is 2.30. The van der Waals surface area contributed by atoms with Crippen LogP contribution < -0.4 is 10.5 Å². The van der Waals surface area contributed by atoms with Gasteiger partial charge in [-0.2, -0.15) is 9.78 Å². The molecule has 1 aromatic heterocycles. The summed E-state index contributed by atoms with van der Waals surface area (Å²) in [5.74, 6) is -0.557. The number of aromatic nitrogens is 2. The number of hydrogen-bond acceptors (Lipinski definition) is 6. The number of morpholine rings is 1. The van der Waals surface area contributed by atoms with Crippen molar-refractivity contribution in [1.82, 2.24) is 9.78 Å². The predicted molar refractivity (Wildman–Crippen MR) is 118 cm³/mol. The first-order chi connectivity index (χ1) is 15.0. The number of methoxy groups -OCH3 is 1. The fourth-order valence-corrected chi connectivity index (χ4v) is 4.01. The highest BCUT2D eigenvalue weighted by Gasteiger charge is 2.26. The van der Waals surface area contributed by atoms with Crippen LogP contribution in [0.4, 0.5) is 5.69 Å². The SMILES string of the molecule is COC(=O)c1ccccc1-n1ncc(N2CCOC(c3ccccc3C)C2)c(Cl)c1=O. The lowest BCUT2D eigenvalue weighted by Gasteiger charge is -2.35. The summed E-state index contributed by atoms with van der Waals surface area (Å²) >= 11 is 6.50. The molecule has 1 fully saturated rings. The van der Waals surface area contributed by atoms with Crippen LogP contribution in [0, 0.1) is 6.92 Å². The zero-order chi connectivity index (χ0) is 22.0. The molecule has 0 aliphatic carbocycles. The number of halogens is 1. The second kappa shape index (κ2) is 8.91. The Morgan fingerprint density at radius 1 is 1.16 bits per heavy atom. The average molecular weight is 440 g/mol. The summed E-state index contributed by atoms with van der Waals surface area (Å²) in [4.78, 5) is 27.2. The van der Waals surface area contributed by atoms with Gasteiger partial charge in [0.15, 0.2) is 0 Å². The van der Waals surface area contributed by atoms with E-state index in [0.717, 1.165) is 15.8 Å². The van der Waals surface area contributed by atoms with E-state index in [0.29, 0.717) is 31.1 Å². The summed E-state index contributed by atoms with van der Waals surface area (Å²) in [6.45, 7) is 3.69. The van der Waals surface area contributed by atoms with Crippen molar-refractivity contribution in [3.63, 3.8) is 0 Å². The zero-order valence-corrected chi connectivity index (χ0v) is 18.0. The van der Waals surface area contributed by atoms with Gasteiger partial charge < -0.3 is 14.4 Å². The molecule has 1 aliphatic heterocycles. The maximum atomic E-state index is 13.1. The number of para-hydroxylation sites is 1. The fraction of sp³-hybridized carbons (Fsp3) is 0.261. The van der Waals surface area contributed by atoms with Crippen molar-refractivity contribution in [3.8, 4) is 5.69 Å². The Morgan fingerprint density at radius 3 is 2.68 bits per heavy atom. The molecule has 1 saturated heterocycles. The summed E-state index contributed by atoms with van der Waals surface area (Å²) < 4.78 is 11.9. The number of carbonyl (C=O) groups is 1. The Morgan fingerprint density at radius 2 is 1.90 bits per heavy atom. The largest absolute Gasteiger partial charge is 0.465 e. The summed E-state index contributed by atoms with van der Waals surface area (Å²) in [5, 5.41) is 4.35. The van der Waals surface area contributed by atoms with Gasteiger partial charge in [-0.3, -0.25) is 4.79 Å². The molecule has 1 aliphatic rings. The molecule has 2 aromatic carbocycles. The van der Waals surface area contributed by atoms with Crippen molar-refractivity contribution in [2.45, 2.75) is 13.0 Å². The zero-order valence-electron chi connectivity index (χ0n) is 17.2. The Balaban J connectivity index is 1.68. The van der Waals surface area contributed by atoms with Gasteiger partial charge in [-0.15, -0.1) is 0 Å². The van der Waals surface area contributed by atoms with Crippen LogP contribution in [0.5, 0.6) is 0 Å². The van der Waals surface area contributed by atoms with Crippen molar-refractivity contribution in [2.24, 2.45) is 0 Å². The number of aryl methyl sites for hydroxylation is 1. The lowest BCUT2D eigenvalue weighted by molar-refractivity contribution is 0.0394. The topological polar surface area (TPSA) is 73.7 Å². The number of anilines is 1. The first kappa shape index (κ1) is 21.1. The molecule has 160 valence electrons. The van der Waals surface area contributed by atoms with Gasteiger partial charge in [0, 0.05) is 13.1 Å². The summed E-state index contributed by atoms with van der Waals surface area (Å²) in [5.41, 5.74) is 2.84. The van der Waals surface area contributed by atoms with Gasteiger partial charge >= 0.3 is 5.97 Å². The van der Waals surface area contributed by atoms with Gasteiger partial charge in [-0.25, -0.2) is 4.79 Å². The van der Waals surface area contributed by atoms with Crippen molar-refractivity contribution >= 4 is 23.3 Å². The monoisotopic (exact) mass is 439 g/mol. The number of nitrogens with zero attached hydrogens (tertiary/aromatic N) is 3. The van der Waals surface area contributed by atoms with Crippen molar-refractivity contribution in [2.75, 3.05) is 31.7 Å². The highest BCUT2D eigenvalue weighted by atomic mass is 35.5. The molecule has 0 radical (unpaired) electrons. The molecule has 3 aromatic rings. The van der Waals surface area contributed by atoms with Crippen molar-refractivity contribution in [1.29, 1.82) is 0 Å². The minimum absolute atomic E-state index is 0.0418. The Hall–Kier alpha value is -3.16. The van der Waals surface area contributed by atoms with E-state index in [1.54, 1.807) is 30.5 Å². The third-order valence-electron chi connectivity index (χ3n) is 5.38. The van der Waals surface area contributed by atoms with Crippen LogP contribution in [-0.4, -0.2) is 42.6 Å². The van der Waals surface area contributed by atoms with Crippen molar-refractivity contribution in [3.05, 3.63) is 86.8 Å². The third kappa shape index (κ3) is 4.06. The van der Waals surface area contributed by atoms with E-state index in [4.69, 9.17) is 21.1 Å². The van der Waals surface area contributed by atoms with Crippen LogP contribution in [0.2, 0.25) is 5.02 Å². The molecule has 2 heterocycles. The minimum Gasteiger partial charge on any atom is -0.465 e. The van der Waals surface area contributed by atoms with Gasteiger partial charge in [0.1, 0.15) is 11.1 Å². The molecule has 1 unspecified atom stereocenters. The molecule has 31 heavy (non-hydrogen) atoms. The molecule has 0 N–H and O–H groups in total. The quantitative estimate of drug-likeness (QED) is 0.579. The van der Waals surface area contributed by atoms with E-state index in [-0.39, 0.29) is 16.7 Å². The standard InChI is InChI=1S/C23H22ClN3O4/c1-15-7-3-4-8-16(15)20-14-26(11-12-31-20)19-13-25-27(22(28)21(19)24)18-10-6-5-9-17(18)23(29)30-2/h3-10,13,20H,11-12,14H2,1-2H3. The normalized spacial score (nSPS) is 16.2. The molecular formula is C23H22ClN3O4. The van der Waals surface area contributed by atoms with Crippen LogP contribution in [0.1, 0.15) is 27.6 Å². The number of ether oxygens (including phenoxy) is 2. The summed E-state index contributed by atoms with van der Waals surface area (Å²) in [6, 6.07) is 14.7. The average Bonchev–Trinajstić information content (AvgIpc) is 2.81. The van der Waals surface area contributed by atoms with Gasteiger partial charge in [0.2, 0.25) is 0 Å². The second-order valence-electron chi connectivity index (χ2n) is 7.23. The second-order valence-corrected chi connectivity index (χ2v) is 7.61. The lowest BCUT2D eigenvalue weighted by Crippen LogP contribution is -2.40. The Bertz CT molecular complexity index is 1180. The smallest absolute Gasteiger partial charge is 0.340 e. The predicted octanol–water partition coefficient (Wildman–Crippen LogP) is 3.56. The molecule has 0 spiro atoms. The van der Waals surface area contributed by atoms with Crippen LogP contribution in [0.3, 0.4) is 0 Å². The van der Waals surface area contributed by atoms with E-state index in [2.05, 4.69) is 5.10 Å². The molecule has 0 bridgehead atoms. The van der Waals surface area contributed by atoms with Gasteiger partial charge in [0.05, 0.1) is 36.9 Å². The number of esters is 1. The summed E-state index contributed by atoms with van der Waals surface area (Å²) in [7, 11) is 1.29. The fourth-order valence-electron chi connectivity index (χ4n) is 3.76. The number of carbonyl (C=O) groups excluding carboxylic acids is 1. The van der Waals surface area contributed by atoms with E-state index >= 15 is 0 Å². The number of benzene rings is 2. The van der Waals surface area contributed by atoms with Crippen LogP contribution in [-0.2, 0) is 9.47 Å². The molecule has 7 nitrogen and oxygen atoms in total. The van der Waals surface area contributed by atoms with Crippen LogP contribution in [0.25, 0.3) is 5.69 Å². The maximum Gasteiger partial charge on any atom is 0.340 e. The first-order valence-corrected chi connectivity index (χ1v) is 10.3. The molecular weight excluding hydrogens is 418 g/mol. The van der Waals surface area contributed by atoms with Gasteiger partial charge in [0.25, 0.3) is 5.56 Å².